The Balaban J connectivity index is 1.07. The molecular formula is C43H55N5O5S. The van der Waals surface area contributed by atoms with E-state index in [1.807, 2.05) is 88.8 Å². The zero-order valence-corrected chi connectivity index (χ0v) is 33.2. The summed E-state index contributed by atoms with van der Waals surface area (Å²) in [4.78, 5) is 52.3. The molecule has 2 aromatic heterocycles. The van der Waals surface area contributed by atoms with Crippen molar-refractivity contribution < 1.29 is 24.6 Å². The monoisotopic (exact) mass is 753 g/mol. The highest BCUT2D eigenvalue weighted by atomic mass is 32.1. The van der Waals surface area contributed by atoms with Gasteiger partial charge in [-0.3, -0.25) is 19.4 Å². The first kappa shape index (κ1) is 40.6. The summed E-state index contributed by atoms with van der Waals surface area (Å²) in [6, 6.07) is 17.2. The first-order chi connectivity index (χ1) is 25.7. The molecule has 0 saturated carbocycles. The van der Waals surface area contributed by atoms with Crippen molar-refractivity contribution in [2.24, 2.45) is 5.41 Å². The minimum atomic E-state index is -0.847. The number of rotatable bonds is 15. The van der Waals surface area contributed by atoms with Gasteiger partial charge >= 0.3 is 0 Å². The van der Waals surface area contributed by atoms with Gasteiger partial charge in [0.05, 0.1) is 33.9 Å². The molecular weight excluding hydrogens is 699 g/mol. The van der Waals surface area contributed by atoms with E-state index in [0.29, 0.717) is 18.8 Å². The molecule has 5 atom stereocenters. The van der Waals surface area contributed by atoms with Crippen molar-refractivity contribution in [2.75, 3.05) is 6.54 Å². The van der Waals surface area contributed by atoms with E-state index in [9.17, 15) is 24.6 Å². The molecule has 1 fully saturated rings. The fourth-order valence-electron chi connectivity index (χ4n) is 7.00. The second kappa shape index (κ2) is 18.1. The number of aromatic hydroxyl groups is 1. The molecule has 4 N–H and O–H groups in total. The van der Waals surface area contributed by atoms with Gasteiger partial charge in [-0.25, -0.2) is 4.98 Å². The zero-order chi connectivity index (χ0) is 39.0. The first-order valence-corrected chi connectivity index (χ1v) is 19.9. The number of aliphatic hydroxyl groups is 1. The van der Waals surface area contributed by atoms with Crippen LogP contribution in [0.1, 0.15) is 108 Å². The standard InChI is InChI=1S/C43H55N5O5S/c1-27(33-19-22-36(44-24-33)31-17-20-34(49)21-18-31)11-9-7-8-10-12-38(51)47-40(43(4,5)6)42(53)48-25-35(50)23-37(48)41(52)46-28(2)30-13-15-32(16-14-30)39-29(3)45-26-54-39/h13-22,24,26-28,35,37,40,49-50H,7-12,23,25H2,1-6H3,(H,46,52)(H,47,51)/t27?,28-,35+,37-,40+/m0/s1. The van der Waals surface area contributed by atoms with Crippen LogP contribution in [0.15, 0.2) is 72.4 Å². The van der Waals surface area contributed by atoms with Crippen molar-refractivity contribution in [3.05, 3.63) is 89.2 Å². The number of aliphatic hydroxyl groups excluding tert-OH is 1. The number of benzene rings is 2. The second-order valence-electron chi connectivity index (χ2n) is 15.8. The smallest absolute Gasteiger partial charge is 0.246 e. The van der Waals surface area contributed by atoms with Gasteiger partial charge < -0.3 is 25.7 Å². The predicted octanol–water partition coefficient (Wildman–Crippen LogP) is 7.70. The van der Waals surface area contributed by atoms with Gasteiger partial charge in [0, 0.05) is 31.1 Å². The van der Waals surface area contributed by atoms with Crippen molar-refractivity contribution in [3.8, 4) is 27.4 Å². The van der Waals surface area contributed by atoms with Crippen LogP contribution in [-0.2, 0) is 14.4 Å². The molecule has 3 heterocycles. The highest BCUT2D eigenvalue weighted by molar-refractivity contribution is 7.13. The summed E-state index contributed by atoms with van der Waals surface area (Å²) in [6.45, 7) is 11.8. The fraction of sp³-hybridized carbons (Fsp3) is 0.465. The Morgan fingerprint density at radius 2 is 1.56 bits per heavy atom. The minimum Gasteiger partial charge on any atom is -0.508 e. The Kier molecular flexibility index (Phi) is 13.6. The number of nitrogens with one attached hydrogen (secondary N) is 2. The van der Waals surface area contributed by atoms with Crippen LogP contribution in [0.4, 0.5) is 0 Å². The van der Waals surface area contributed by atoms with Crippen molar-refractivity contribution >= 4 is 29.1 Å². The number of nitrogens with zero attached hydrogens (tertiary/aromatic N) is 3. The number of hydrogen-bond acceptors (Lipinski definition) is 8. The summed E-state index contributed by atoms with van der Waals surface area (Å²) >= 11 is 1.59. The van der Waals surface area contributed by atoms with E-state index >= 15 is 0 Å². The van der Waals surface area contributed by atoms with Crippen LogP contribution in [0.3, 0.4) is 0 Å². The topological polar surface area (TPSA) is 145 Å². The number of hydrogen-bond donors (Lipinski definition) is 4. The number of aromatic nitrogens is 2. The average molecular weight is 754 g/mol. The van der Waals surface area contributed by atoms with Crippen molar-refractivity contribution in [1.82, 2.24) is 25.5 Å². The van der Waals surface area contributed by atoms with Gasteiger partial charge in [0.15, 0.2) is 0 Å². The Labute approximate surface area is 323 Å². The van der Waals surface area contributed by atoms with E-state index < -0.39 is 23.6 Å². The van der Waals surface area contributed by atoms with Crippen molar-refractivity contribution in [3.63, 3.8) is 0 Å². The Morgan fingerprint density at radius 3 is 2.19 bits per heavy atom. The van der Waals surface area contributed by atoms with E-state index in [-0.39, 0.29) is 42.5 Å². The lowest BCUT2D eigenvalue weighted by Crippen LogP contribution is -2.57. The SMILES string of the molecule is Cc1ncsc1-c1ccc([C@H](C)NC(=O)[C@@H]2C[C@@H](O)CN2C(=O)[C@@H](NC(=O)CCCCCCC(C)c2ccc(-c3ccc(O)cc3)nc2)C(C)(C)C)cc1. The van der Waals surface area contributed by atoms with Crippen molar-refractivity contribution in [1.29, 1.82) is 0 Å². The summed E-state index contributed by atoms with van der Waals surface area (Å²) in [5, 5.41) is 26.2. The number of β-amino-alcohol motifs (C(OH)–C–C–N with tert-alkyl or cyclic N) is 1. The molecule has 288 valence electrons. The van der Waals surface area contributed by atoms with E-state index in [2.05, 4.69) is 33.6 Å². The number of likely N-dealkylation sites (tertiary alicyclic amines) is 1. The molecule has 4 aromatic rings. The summed E-state index contributed by atoms with van der Waals surface area (Å²) in [5.74, 6) is -0.287. The van der Waals surface area contributed by atoms with Gasteiger partial charge in [-0.05, 0) is 85.0 Å². The van der Waals surface area contributed by atoms with Gasteiger partial charge in [-0.15, -0.1) is 11.3 Å². The Morgan fingerprint density at radius 1 is 0.889 bits per heavy atom. The normalized spacial score (nSPS) is 17.5. The van der Waals surface area contributed by atoms with Gasteiger partial charge in [-0.2, -0.15) is 0 Å². The maximum absolute atomic E-state index is 14.0. The number of unbranched alkanes of at least 4 members (excludes halogenated alkanes) is 3. The third-order valence-electron chi connectivity index (χ3n) is 10.4. The first-order valence-electron chi connectivity index (χ1n) is 19.0. The highest BCUT2D eigenvalue weighted by Gasteiger charge is 2.44. The number of carbonyl (C=O) groups excluding carboxylic acids is 3. The van der Waals surface area contributed by atoms with Crippen LogP contribution in [0.25, 0.3) is 21.7 Å². The number of amides is 3. The molecule has 0 radical (unpaired) electrons. The van der Waals surface area contributed by atoms with Crippen LogP contribution < -0.4 is 10.6 Å². The van der Waals surface area contributed by atoms with Crippen molar-refractivity contribution in [2.45, 2.75) is 117 Å². The lowest BCUT2D eigenvalue weighted by atomic mass is 9.85. The number of carbonyl (C=O) groups is 3. The molecule has 10 nitrogen and oxygen atoms in total. The molecule has 0 bridgehead atoms. The number of aryl methyl sites for hydroxylation is 1. The molecule has 3 amide bonds. The van der Waals surface area contributed by atoms with Gasteiger partial charge in [0.25, 0.3) is 0 Å². The molecule has 54 heavy (non-hydrogen) atoms. The van der Waals surface area contributed by atoms with Crippen LogP contribution >= 0.6 is 11.3 Å². The van der Waals surface area contributed by atoms with Gasteiger partial charge in [-0.1, -0.05) is 77.3 Å². The summed E-state index contributed by atoms with van der Waals surface area (Å²) in [7, 11) is 0. The number of pyridine rings is 1. The summed E-state index contributed by atoms with van der Waals surface area (Å²) < 4.78 is 0. The quantitative estimate of drug-likeness (QED) is 0.0911. The number of phenols is 1. The molecule has 0 aliphatic carbocycles. The summed E-state index contributed by atoms with van der Waals surface area (Å²) in [5.41, 5.74) is 7.20. The molecule has 1 unspecified atom stereocenters. The minimum absolute atomic E-state index is 0.0354. The molecule has 1 aliphatic heterocycles. The summed E-state index contributed by atoms with van der Waals surface area (Å²) in [6.07, 6.45) is 6.19. The average Bonchev–Trinajstić information content (AvgIpc) is 3.76. The zero-order valence-electron chi connectivity index (χ0n) is 32.3. The van der Waals surface area contributed by atoms with Crippen LogP contribution in [0.5, 0.6) is 5.75 Å². The maximum Gasteiger partial charge on any atom is 0.246 e. The third-order valence-corrected chi connectivity index (χ3v) is 11.3. The second-order valence-corrected chi connectivity index (χ2v) is 16.6. The van der Waals surface area contributed by atoms with E-state index in [1.54, 1.807) is 23.5 Å². The maximum atomic E-state index is 14.0. The third kappa shape index (κ3) is 10.5. The van der Waals surface area contributed by atoms with Crippen LogP contribution in [-0.4, -0.2) is 67.5 Å². The number of thiazole rings is 1. The molecule has 1 aliphatic rings. The molecule has 0 spiro atoms. The molecule has 1 saturated heterocycles. The fourth-order valence-corrected chi connectivity index (χ4v) is 7.82. The van der Waals surface area contributed by atoms with Crippen LogP contribution in [0.2, 0.25) is 0 Å². The number of phenolic OH excluding ortho intramolecular Hbond substituents is 1. The molecule has 11 heteroatoms. The Hall–Kier alpha value is -4.61. The lowest BCUT2D eigenvalue weighted by Gasteiger charge is -2.35. The predicted molar refractivity (Wildman–Crippen MR) is 214 cm³/mol. The van der Waals surface area contributed by atoms with Gasteiger partial charge in [0.2, 0.25) is 17.7 Å². The van der Waals surface area contributed by atoms with E-state index in [0.717, 1.165) is 58.6 Å². The highest BCUT2D eigenvalue weighted by Crippen LogP contribution is 2.30. The van der Waals surface area contributed by atoms with Gasteiger partial charge in [0.1, 0.15) is 17.8 Å². The molecule has 2 aromatic carbocycles. The van der Waals surface area contributed by atoms with E-state index in [4.69, 9.17) is 0 Å². The largest absolute Gasteiger partial charge is 0.508 e. The Bertz CT molecular complexity index is 1850. The lowest BCUT2D eigenvalue weighted by molar-refractivity contribution is -0.144. The molecule has 5 rings (SSSR count). The van der Waals surface area contributed by atoms with Crippen LogP contribution in [0, 0.1) is 12.3 Å². The van der Waals surface area contributed by atoms with E-state index in [1.165, 1.54) is 10.5 Å².